The molecule has 2 aliphatic rings. The van der Waals surface area contributed by atoms with Gasteiger partial charge in [0.05, 0.1) is 26.6 Å². The molecule has 7 heteroatoms. The molecule has 0 radical (unpaired) electrons. The fraction of sp³-hybridized carbons (Fsp3) is 0.240. The Morgan fingerprint density at radius 3 is 2.78 bits per heavy atom. The minimum atomic E-state index is -0.0919. The van der Waals surface area contributed by atoms with Crippen molar-refractivity contribution < 1.29 is 9.53 Å². The molecule has 1 aliphatic heterocycles. The van der Waals surface area contributed by atoms with Gasteiger partial charge in [0.25, 0.3) is 5.91 Å². The molecule has 32 heavy (non-hydrogen) atoms. The average molecular weight is 443 g/mol. The van der Waals surface area contributed by atoms with Gasteiger partial charge in [0.1, 0.15) is 17.1 Å². The number of fused-ring (bicyclic) bond motifs is 2. The van der Waals surface area contributed by atoms with E-state index in [9.17, 15) is 4.79 Å². The van der Waals surface area contributed by atoms with E-state index in [1.807, 2.05) is 48.2 Å². The Bertz CT molecular complexity index is 1330. The summed E-state index contributed by atoms with van der Waals surface area (Å²) in [7, 11) is 0. The Balaban J connectivity index is 1.33. The lowest BCUT2D eigenvalue weighted by Crippen LogP contribution is -2.45. The first-order valence-electron chi connectivity index (χ1n) is 10.8. The fourth-order valence-corrected chi connectivity index (χ4v) is 5.20. The van der Waals surface area contributed by atoms with Crippen LogP contribution in [0.4, 0.5) is 11.4 Å². The average Bonchev–Trinajstić information content (AvgIpc) is 3.59. The van der Waals surface area contributed by atoms with Gasteiger partial charge in [0.15, 0.2) is 0 Å². The molecule has 2 aromatic heterocycles. The van der Waals surface area contributed by atoms with Crippen molar-refractivity contribution in [2.45, 2.75) is 25.8 Å². The smallest absolute Gasteiger partial charge is 0.263 e. The van der Waals surface area contributed by atoms with Gasteiger partial charge in [-0.1, -0.05) is 12.1 Å². The summed E-state index contributed by atoms with van der Waals surface area (Å²) in [5.74, 6) is 1.10. The summed E-state index contributed by atoms with van der Waals surface area (Å²) in [5, 5.41) is 1.01. The van der Waals surface area contributed by atoms with E-state index >= 15 is 0 Å². The normalized spacial score (nSPS) is 15.7. The van der Waals surface area contributed by atoms with Gasteiger partial charge in [0, 0.05) is 37.6 Å². The van der Waals surface area contributed by atoms with Crippen molar-refractivity contribution >= 4 is 38.8 Å². The molecule has 0 atom stereocenters. The van der Waals surface area contributed by atoms with Crippen molar-refractivity contribution in [3.8, 4) is 11.5 Å². The molecule has 0 N–H and O–H groups in total. The number of pyridine rings is 1. The summed E-state index contributed by atoms with van der Waals surface area (Å²) in [6.07, 6.45) is 5.71. The minimum absolute atomic E-state index is 0.0919. The van der Waals surface area contributed by atoms with Gasteiger partial charge in [-0.15, -0.1) is 11.3 Å². The number of ether oxygens (including phenoxy) is 1. The van der Waals surface area contributed by atoms with Crippen LogP contribution in [-0.2, 0) is 0 Å². The molecule has 1 amide bonds. The second kappa shape index (κ2) is 7.60. The van der Waals surface area contributed by atoms with Crippen LogP contribution in [0.15, 0.2) is 60.9 Å². The summed E-state index contributed by atoms with van der Waals surface area (Å²) < 4.78 is 7.24. The molecule has 160 valence electrons. The third kappa shape index (κ3) is 3.39. The highest BCUT2D eigenvalue weighted by Gasteiger charge is 2.36. The molecule has 0 bridgehead atoms. The molecule has 1 saturated carbocycles. The Morgan fingerprint density at radius 1 is 1.09 bits per heavy atom. The van der Waals surface area contributed by atoms with Crippen LogP contribution in [0.5, 0.6) is 11.5 Å². The molecule has 2 aromatic carbocycles. The first-order chi connectivity index (χ1) is 15.7. The highest BCUT2D eigenvalue weighted by atomic mass is 32.1. The Hall–Kier alpha value is -3.45. The van der Waals surface area contributed by atoms with Gasteiger partial charge in [-0.05, 0) is 50.1 Å². The second-order valence-corrected chi connectivity index (χ2v) is 9.44. The first-order valence-corrected chi connectivity index (χ1v) is 11.7. The molecule has 4 aromatic rings. The number of anilines is 2. The van der Waals surface area contributed by atoms with Crippen molar-refractivity contribution in [3.05, 3.63) is 71.5 Å². The SMILES string of the molecule is Cc1nc2ccc(Oc3ccncc3C(=O)N3CCN(C4CC4)c4ccccc43)cc2s1. The van der Waals surface area contributed by atoms with E-state index in [0.717, 1.165) is 33.1 Å². The molecule has 1 fully saturated rings. The number of nitrogens with zero attached hydrogens (tertiary/aromatic N) is 4. The zero-order chi connectivity index (χ0) is 21.7. The minimum Gasteiger partial charge on any atom is -0.456 e. The zero-order valence-corrected chi connectivity index (χ0v) is 18.5. The number of aryl methyl sites for hydroxylation is 1. The summed E-state index contributed by atoms with van der Waals surface area (Å²) in [5.41, 5.74) is 3.50. The van der Waals surface area contributed by atoms with E-state index < -0.39 is 0 Å². The number of hydrogen-bond acceptors (Lipinski definition) is 6. The highest BCUT2D eigenvalue weighted by molar-refractivity contribution is 7.18. The maximum atomic E-state index is 13.7. The largest absolute Gasteiger partial charge is 0.456 e. The van der Waals surface area contributed by atoms with Crippen LogP contribution in [0, 0.1) is 6.92 Å². The van der Waals surface area contributed by atoms with Gasteiger partial charge in [-0.3, -0.25) is 9.78 Å². The summed E-state index contributed by atoms with van der Waals surface area (Å²) in [6.45, 7) is 3.48. The number of amides is 1. The highest BCUT2D eigenvalue weighted by Crippen LogP contribution is 2.41. The number of aromatic nitrogens is 2. The van der Waals surface area contributed by atoms with E-state index in [-0.39, 0.29) is 5.91 Å². The number of carbonyl (C=O) groups excluding carboxylic acids is 1. The Kier molecular flexibility index (Phi) is 4.57. The van der Waals surface area contributed by atoms with Crippen LogP contribution in [0.3, 0.4) is 0 Å². The molecule has 6 rings (SSSR count). The van der Waals surface area contributed by atoms with Crippen LogP contribution in [0.1, 0.15) is 28.2 Å². The quantitative estimate of drug-likeness (QED) is 0.422. The van der Waals surface area contributed by atoms with E-state index in [1.54, 1.807) is 29.8 Å². The maximum absolute atomic E-state index is 13.7. The number of thiazole rings is 1. The fourth-order valence-electron chi connectivity index (χ4n) is 4.35. The van der Waals surface area contributed by atoms with Gasteiger partial charge in [-0.25, -0.2) is 4.98 Å². The number of rotatable bonds is 4. The van der Waals surface area contributed by atoms with Crippen LogP contribution in [0.25, 0.3) is 10.2 Å². The monoisotopic (exact) mass is 442 g/mol. The molecule has 1 aliphatic carbocycles. The van der Waals surface area contributed by atoms with Gasteiger partial charge in [-0.2, -0.15) is 0 Å². The second-order valence-electron chi connectivity index (χ2n) is 8.21. The predicted molar refractivity (Wildman–Crippen MR) is 127 cm³/mol. The van der Waals surface area contributed by atoms with Crippen molar-refractivity contribution in [3.63, 3.8) is 0 Å². The lowest BCUT2D eigenvalue weighted by Gasteiger charge is -2.38. The van der Waals surface area contributed by atoms with E-state index in [2.05, 4.69) is 20.9 Å². The van der Waals surface area contributed by atoms with E-state index in [1.165, 1.54) is 12.8 Å². The van der Waals surface area contributed by atoms with Crippen LogP contribution in [0.2, 0.25) is 0 Å². The summed E-state index contributed by atoms with van der Waals surface area (Å²) in [4.78, 5) is 26.7. The number of para-hydroxylation sites is 2. The molecule has 0 saturated heterocycles. The van der Waals surface area contributed by atoms with Crippen molar-refractivity contribution in [1.29, 1.82) is 0 Å². The summed E-state index contributed by atoms with van der Waals surface area (Å²) in [6, 6.07) is 16.3. The molecular formula is C25H22N4O2S. The molecule has 0 unspecified atom stereocenters. The van der Waals surface area contributed by atoms with E-state index in [0.29, 0.717) is 29.6 Å². The number of benzene rings is 2. The van der Waals surface area contributed by atoms with Gasteiger partial charge in [0.2, 0.25) is 0 Å². The third-order valence-electron chi connectivity index (χ3n) is 5.99. The Morgan fingerprint density at radius 2 is 1.94 bits per heavy atom. The molecular weight excluding hydrogens is 420 g/mol. The first kappa shape index (κ1) is 19.3. The predicted octanol–water partition coefficient (Wildman–Crippen LogP) is 5.42. The third-order valence-corrected chi connectivity index (χ3v) is 6.92. The Labute approximate surface area is 190 Å². The topological polar surface area (TPSA) is 58.6 Å². The van der Waals surface area contributed by atoms with Crippen molar-refractivity contribution in [2.75, 3.05) is 22.9 Å². The van der Waals surface area contributed by atoms with Crippen molar-refractivity contribution in [1.82, 2.24) is 9.97 Å². The van der Waals surface area contributed by atoms with Gasteiger partial charge >= 0.3 is 0 Å². The zero-order valence-electron chi connectivity index (χ0n) is 17.7. The summed E-state index contributed by atoms with van der Waals surface area (Å²) >= 11 is 1.63. The molecule has 0 spiro atoms. The van der Waals surface area contributed by atoms with Crippen LogP contribution < -0.4 is 14.5 Å². The van der Waals surface area contributed by atoms with Crippen molar-refractivity contribution in [2.24, 2.45) is 0 Å². The standard InChI is InChI=1S/C25H22N4O2S/c1-16-27-20-9-8-18(14-24(20)32-16)31-23-10-11-26-15-19(23)25(30)29-13-12-28(17-6-7-17)21-4-2-3-5-22(21)29/h2-5,8-11,14-15,17H,6-7,12-13H2,1H3. The molecule has 3 heterocycles. The number of carbonyl (C=O) groups is 1. The van der Waals surface area contributed by atoms with Crippen LogP contribution >= 0.6 is 11.3 Å². The lowest BCUT2D eigenvalue weighted by atomic mass is 10.1. The number of hydrogen-bond donors (Lipinski definition) is 0. The molecule has 6 nitrogen and oxygen atoms in total. The van der Waals surface area contributed by atoms with Crippen LogP contribution in [-0.4, -0.2) is 35.0 Å². The lowest BCUT2D eigenvalue weighted by molar-refractivity contribution is 0.0984. The maximum Gasteiger partial charge on any atom is 0.263 e. The van der Waals surface area contributed by atoms with E-state index in [4.69, 9.17) is 4.74 Å². The van der Waals surface area contributed by atoms with Gasteiger partial charge < -0.3 is 14.5 Å².